The highest BCUT2D eigenvalue weighted by Crippen LogP contribution is 2.38. The van der Waals surface area contributed by atoms with Crippen LogP contribution < -0.4 is 14.2 Å². The van der Waals surface area contributed by atoms with Crippen LogP contribution in [0.15, 0.2) is 47.4 Å². The van der Waals surface area contributed by atoms with Gasteiger partial charge in [0.25, 0.3) is 0 Å². The van der Waals surface area contributed by atoms with E-state index in [2.05, 4.69) is 0 Å². The molecule has 1 heterocycles. The molecule has 0 fully saturated rings. The van der Waals surface area contributed by atoms with Crippen molar-refractivity contribution in [2.75, 3.05) is 26.1 Å². The Balaban J connectivity index is 1.85. The lowest BCUT2D eigenvalue weighted by atomic mass is 10.1. The van der Waals surface area contributed by atoms with Crippen LogP contribution in [0, 0.1) is 0 Å². The minimum absolute atomic E-state index is 0.103. The molecule has 0 saturated carbocycles. The highest BCUT2D eigenvalue weighted by molar-refractivity contribution is 7.99. The summed E-state index contributed by atoms with van der Waals surface area (Å²) in [6, 6.07) is 11.3. The molecule has 4 nitrogen and oxygen atoms in total. The number of benzene rings is 2. The first-order chi connectivity index (χ1) is 12.7. The third-order valence-corrected chi connectivity index (χ3v) is 4.92. The van der Waals surface area contributed by atoms with E-state index < -0.39 is 0 Å². The van der Waals surface area contributed by atoms with E-state index in [-0.39, 0.29) is 5.78 Å². The Morgan fingerprint density at radius 1 is 1.27 bits per heavy atom. The molecular weight excluding hydrogens is 348 g/mol. The zero-order chi connectivity index (χ0) is 18.4. The first-order valence-corrected chi connectivity index (χ1v) is 9.62. The largest absolute Gasteiger partial charge is 0.497 e. The number of allylic oxidation sites excluding steroid dienone is 1. The van der Waals surface area contributed by atoms with Gasteiger partial charge >= 0.3 is 0 Å². The number of rotatable bonds is 7. The smallest absolute Gasteiger partial charge is 0.189 e. The average Bonchev–Trinajstić information content (AvgIpc) is 2.70. The number of carbonyl (C=O) groups excluding carboxylic acids is 1. The van der Waals surface area contributed by atoms with Gasteiger partial charge in [-0.2, -0.15) is 0 Å². The molecule has 0 N–H and O–H groups in total. The lowest BCUT2D eigenvalue weighted by Gasteiger charge is -2.19. The fourth-order valence-electron chi connectivity index (χ4n) is 2.57. The van der Waals surface area contributed by atoms with Gasteiger partial charge in [-0.15, -0.1) is 11.8 Å². The topological polar surface area (TPSA) is 44.8 Å². The zero-order valence-electron chi connectivity index (χ0n) is 15.0. The Hall–Kier alpha value is -2.40. The molecule has 136 valence electrons. The standard InChI is InChI=1S/C21H22O4S/c1-3-10-24-19-14-21-20(25-11-12-26-21)13-17(19)18(22)9-6-15-4-7-16(23-2)8-5-15/h4-9,13-14H,3,10-12H2,1-2H3. The van der Waals surface area contributed by atoms with E-state index in [4.69, 9.17) is 14.2 Å². The van der Waals surface area contributed by atoms with Crippen molar-refractivity contribution in [2.45, 2.75) is 18.2 Å². The fraction of sp³-hybridized carbons (Fsp3) is 0.286. The van der Waals surface area contributed by atoms with Gasteiger partial charge in [0.05, 0.1) is 30.8 Å². The Bertz CT molecular complexity index is 796. The second-order valence-electron chi connectivity index (χ2n) is 5.81. The van der Waals surface area contributed by atoms with Crippen molar-refractivity contribution in [3.05, 3.63) is 53.6 Å². The van der Waals surface area contributed by atoms with Crippen LogP contribution in [0.1, 0.15) is 29.3 Å². The predicted octanol–water partition coefficient (Wildman–Crippen LogP) is 4.86. The molecule has 1 aliphatic heterocycles. The maximum atomic E-state index is 12.8. The molecule has 0 atom stereocenters. The first kappa shape index (κ1) is 18.4. The molecule has 5 heteroatoms. The van der Waals surface area contributed by atoms with Gasteiger partial charge in [0.1, 0.15) is 17.2 Å². The minimum Gasteiger partial charge on any atom is -0.497 e. The van der Waals surface area contributed by atoms with Crippen molar-refractivity contribution in [1.82, 2.24) is 0 Å². The van der Waals surface area contributed by atoms with E-state index in [0.29, 0.717) is 24.5 Å². The Morgan fingerprint density at radius 3 is 2.81 bits per heavy atom. The summed E-state index contributed by atoms with van der Waals surface area (Å²) in [6.45, 7) is 3.27. The van der Waals surface area contributed by atoms with Crippen LogP contribution in [0.3, 0.4) is 0 Å². The Kier molecular flexibility index (Phi) is 6.23. The summed E-state index contributed by atoms with van der Waals surface area (Å²) >= 11 is 1.72. The highest BCUT2D eigenvalue weighted by atomic mass is 32.2. The Labute approximate surface area is 158 Å². The quantitative estimate of drug-likeness (QED) is 0.514. The van der Waals surface area contributed by atoms with Gasteiger partial charge in [0.2, 0.25) is 0 Å². The third-order valence-electron chi connectivity index (χ3n) is 3.91. The maximum absolute atomic E-state index is 12.8. The van der Waals surface area contributed by atoms with Crippen LogP contribution in [-0.4, -0.2) is 31.9 Å². The number of hydrogen-bond donors (Lipinski definition) is 0. The van der Waals surface area contributed by atoms with Crippen LogP contribution in [-0.2, 0) is 0 Å². The number of ether oxygens (including phenoxy) is 3. The summed E-state index contributed by atoms with van der Waals surface area (Å²) in [5.74, 6) is 2.96. The lowest BCUT2D eigenvalue weighted by molar-refractivity contribution is 0.104. The molecule has 0 spiro atoms. The molecule has 2 aromatic carbocycles. The highest BCUT2D eigenvalue weighted by Gasteiger charge is 2.19. The zero-order valence-corrected chi connectivity index (χ0v) is 15.8. The monoisotopic (exact) mass is 370 g/mol. The molecule has 0 aliphatic carbocycles. The summed E-state index contributed by atoms with van der Waals surface area (Å²) in [4.78, 5) is 13.8. The average molecular weight is 370 g/mol. The summed E-state index contributed by atoms with van der Waals surface area (Å²) in [7, 11) is 1.63. The molecule has 26 heavy (non-hydrogen) atoms. The van der Waals surface area contributed by atoms with Gasteiger partial charge < -0.3 is 14.2 Å². The first-order valence-electron chi connectivity index (χ1n) is 8.64. The van der Waals surface area contributed by atoms with Crippen molar-refractivity contribution in [2.24, 2.45) is 0 Å². The van der Waals surface area contributed by atoms with Crippen molar-refractivity contribution < 1.29 is 19.0 Å². The van der Waals surface area contributed by atoms with Gasteiger partial charge in [-0.05, 0) is 42.3 Å². The van der Waals surface area contributed by atoms with Crippen LogP contribution in [0.25, 0.3) is 6.08 Å². The van der Waals surface area contributed by atoms with E-state index in [0.717, 1.165) is 34.1 Å². The molecule has 0 aromatic heterocycles. The molecule has 0 bridgehead atoms. The van der Waals surface area contributed by atoms with Gasteiger partial charge in [0.15, 0.2) is 5.78 Å². The molecule has 0 radical (unpaired) electrons. The third kappa shape index (κ3) is 4.41. The van der Waals surface area contributed by atoms with Crippen molar-refractivity contribution in [3.63, 3.8) is 0 Å². The maximum Gasteiger partial charge on any atom is 0.189 e. The summed E-state index contributed by atoms with van der Waals surface area (Å²) in [5.41, 5.74) is 1.46. The number of carbonyl (C=O) groups is 1. The van der Waals surface area contributed by atoms with E-state index >= 15 is 0 Å². The molecule has 1 aliphatic rings. The molecule has 0 saturated heterocycles. The SMILES string of the molecule is CCCOc1cc2c(cc1C(=O)C=Cc1ccc(OC)cc1)OCCS2. The molecular formula is C21H22O4S. The normalized spacial score (nSPS) is 13.2. The molecule has 0 amide bonds. The minimum atomic E-state index is -0.103. The molecule has 2 aromatic rings. The van der Waals surface area contributed by atoms with E-state index in [9.17, 15) is 4.79 Å². The van der Waals surface area contributed by atoms with Gasteiger partial charge in [0, 0.05) is 5.75 Å². The van der Waals surface area contributed by atoms with E-state index in [1.165, 1.54) is 0 Å². The van der Waals surface area contributed by atoms with Gasteiger partial charge in [-0.3, -0.25) is 4.79 Å². The number of fused-ring (bicyclic) bond motifs is 1. The van der Waals surface area contributed by atoms with Crippen LogP contribution in [0.5, 0.6) is 17.2 Å². The summed E-state index contributed by atoms with van der Waals surface area (Å²) < 4.78 is 16.7. The summed E-state index contributed by atoms with van der Waals surface area (Å²) in [6.07, 6.45) is 4.24. The van der Waals surface area contributed by atoms with E-state index in [1.807, 2.05) is 37.3 Å². The van der Waals surface area contributed by atoms with Crippen LogP contribution >= 0.6 is 11.8 Å². The van der Waals surface area contributed by atoms with Crippen molar-refractivity contribution in [1.29, 1.82) is 0 Å². The summed E-state index contributed by atoms with van der Waals surface area (Å²) in [5, 5.41) is 0. The number of methoxy groups -OCH3 is 1. The lowest BCUT2D eigenvalue weighted by Crippen LogP contribution is -2.10. The number of ketones is 1. The second kappa shape index (κ2) is 8.81. The second-order valence-corrected chi connectivity index (χ2v) is 6.95. The van der Waals surface area contributed by atoms with Crippen LogP contribution in [0.2, 0.25) is 0 Å². The molecule has 3 rings (SSSR count). The van der Waals surface area contributed by atoms with Crippen LogP contribution in [0.4, 0.5) is 0 Å². The Morgan fingerprint density at radius 2 is 2.08 bits per heavy atom. The van der Waals surface area contributed by atoms with E-state index in [1.54, 1.807) is 37.1 Å². The molecule has 0 unspecified atom stereocenters. The van der Waals surface area contributed by atoms with Crippen molar-refractivity contribution >= 4 is 23.6 Å². The van der Waals surface area contributed by atoms with Gasteiger partial charge in [-0.1, -0.05) is 25.1 Å². The number of thioether (sulfide) groups is 1. The van der Waals surface area contributed by atoms with Gasteiger partial charge in [-0.25, -0.2) is 0 Å². The fourth-order valence-corrected chi connectivity index (χ4v) is 3.41. The van der Waals surface area contributed by atoms with Crippen molar-refractivity contribution in [3.8, 4) is 17.2 Å². The predicted molar refractivity (Wildman–Crippen MR) is 105 cm³/mol. The number of hydrogen-bond acceptors (Lipinski definition) is 5.